The summed E-state index contributed by atoms with van der Waals surface area (Å²) in [6.07, 6.45) is 6.17. The zero-order chi connectivity index (χ0) is 16.9. The summed E-state index contributed by atoms with van der Waals surface area (Å²) in [4.78, 5) is 24.8. The minimum absolute atomic E-state index is 0.131. The molecule has 0 saturated carbocycles. The first kappa shape index (κ1) is 15.9. The van der Waals surface area contributed by atoms with E-state index in [4.69, 9.17) is 4.55 Å². The number of hydrogen-bond donors (Lipinski definition) is 2. The highest BCUT2D eigenvalue weighted by Crippen LogP contribution is 2.16. The van der Waals surface area contributed by atoms with E-state index in [0.717, 1.165) is 5.56 Å². The third-order valence-electron chi connectivity index (χ3n) is 3.12. The van der Waals surface area contributed by atoms with E-state index in [-0.39, 0.29) is 10.6 Å². The number of hydrogen-bond acceptors (Lipinski definition) is 5. The minimum atomic E-state index is -2.11. The summed E-state index contributed by atoms with van der Waals surface area (Å²) in [6, 6.07) is 9.70. The van der Waals surface area contributed by atoms with Gasteiger partial charge in [-0.2, -0.15) is 0 Å². The molecular weight excluding hydrogens is 328 g/mol. The van der Waals surface area contributed by atoms with Gasteiger partial charge in [-0.05, 0) is 30.3 Å². The molecule has 0 spiro atoms. The number of rotatable bonds is 4. The Morgan fingerprint density at radius 1 is 1.08 bits per heavy atom. The fraction of sp³-hybridized carbons (Fsp3) is 0. The fourth-order valence-corrected chi connectivity index (χ4v) is 2.43. The van der Waals surface area contributed by atoms with Crippen LogP contribution in [0.4, 0.5) is 5.69 Å². The van der Waals surface area contributed by atoms with Gasteiger partial charge in [-0.15, -0.1) is 0 Å². The van der Waals surface area contributed by atoms with Crippen molar-refractivity contribution >= 4 is 22.7 Å². The second-order valence-corrected chi connectivity index (χ2v) is 5.73. The Balaban J connectivity index is 1.83. The van der Waals surface area contributed by atoms with Gasteiger partial charge in [-0.1, -0.05) is 6.07 Å². The van der Waals surface area contributed by atoms with Crippen LogP contribution in [0.5, 0.6) is 0 Å². The van der Waals surface area contributed by atoms with Gasteiger partial charge in [0, 0.05) is 23.6 Å². The van der Waals surface area contributed by atoms with Crippen molar-refractivity contribution < 1.29 is 13.6 Å². The van der Waals surface area contributed by atoms with Gasteiger partial charge in [0.2, 0.25) is 0 Å². The second-order valence-electron chi connectivity index (χ2n) is 4.76. The smallest absolute Gasteiger partial charge is 0.275 e. The first-order valence-corrected chi connectivity index (χ1v) is 7.99. The molecule has 2 N–H and O–H groups in total. The fourth-order valence-electron chi connectivity index (χ4n) is 2.01. The van der Waals surface area contributed by atoms with Crippen LogP contribution in [0.25, 0.3) is 11.3 Å². The zero-order valence-corrected chi connectivity index (χ0v) is 13.1. The molecular formula is C16H12N4O3S. The lowest BCUT2D eigenvalue weighted by molar-refractivity contribution is 0.102. The van der Waals surface area contributed by atoms with Gasteiger partial charge in [0.15, 0.2) is 11.1 Å². The van der Waals surface area contributed by atoms with Gasteiger partial charge >= 0.3 is 0 Å². The molecule has 0 radical (unpaired) electrons. The van der Waals surface area contributed by atoms with Crippen LogP contribution in [0, 0.1) is 0 Å². The molecule has 3 aromatic rings. The number of aromatic nitrogens is 3. The van der Waals surface area contributed by atoms with Crippen LogP contribution in [0.2, 0.25) is 0 Å². The summed E-state index contributed by atoms with van der Waals surface area (Å²) in [5.74, 6) is -0.464. The number of benzene rings is 1. The number of pyridine rings is 1. The number of nitrogens with one attached hydrogen (secondary N) is 1. The number of carbonyl (C=O) groups excluding carboxylic acids is 1. The van der Waals surface area contributed by atoms with E-state index in [1.165, 1.54) is 18.3 Å². The molecule has 0 aliphatic heterocycles. The molecule has 0 aliphatic carbocycles. The molecule has 120 valence electrons. The predicted octanol–water partition coefficient (Wildman–Crippen LogP) is 2.37. The molecule has 0 aliphatic rings. The largest absolute Gasteiger partial charge is 0.321 e. The maximum absolute atomic E-state index is 12.3. The lowest BCUT2D eigenvalue weighted by Gasteiger charge is -2.07. The summed E-state index contributed by atoms with van der Waals surface area (Å²) >= 11 is -2.11. The van der Waals surface area contributed by atoms with Gasteiger partial charge in [-0.3, -0.25) is 14.8 Å². The molecule has 3 rings (SSSR count). The molecule has 24 heavy (non-hydrogen) atoms. The molecule has 1 aromatic carbocycles. The Kier molecular flexibility index (Phi) is 4.69. The van der Waals surface area contributed by atoms with Crippen molar-refractivity contribution in [1.29, 1.82) is 0 Å². The average Bonchev–Trinajstić information content (AvgIpc) is 2.63. The van der Waals surface area contributed by atoms with Crippen LogP contribution in [0.1, 0.15) is 10.5 Å². The molecule has 2 aromatic heterocycles. The van der Waals surface area contributed by atoms with Gasteiger partial charge in [0.25, 0.3) is 5.91 Å². The third-order valence-corrected chi connectivity index (χ3v) is 3.78. The van der Waals surface area contributed by atoms with Crippen molar-refractivity contribution in [1.82, 2.24) is 15.0 Å². The Bertz CT molecular complexity index is 903. The monoisotopic (exact) mass is 340 g/mol. The maximum Gasteiger partial charge on any atom is 0.275 e. The summed E-state index contributed by atoms with van der Waals surface area (Å²) in [5, 5.41) is 2.63. The van der Waals surface area contributed by atoms with Crippen LogP contribution in [-0.2, 0) is 11.1 Å². The van der Waals surface area contributed by atoms with Crippen molar-refractivity contribution in [3.8, 4) is 11.3 Å². The quantitative estimate of drug-likeness (QED) is 0.707. The van der Waals surface area contributed by atoms with E-state index >= 15 is 0 Å². The van der Waals surface area contributed by atoms with E-state index in [1.807, 2.05) is 6.07 Å². The lowest BCUT2D eigenvalue weighted by Crippen LogP contribution is -2.14. The van der Waals surface area contributed by atoms with Crippen LogP contribution in [0.15, 0.2) is 66.1 Å². The molecule has 2 heterocycles. The first-order chi connectivity index (χ1) is 11.6. The third kappa shape index (κ3) is 3.67. The zero-order valence-electron chi connectivity index (χ0n) is 12.3. The van der Waals surface area contributed by atoms with Crippen LogP contribution < -0.4 is 5.32 Å². The highest BCUT2D eigenvalue weighted by Gasteiger charge is 2.11. The maximum atomic E-state index is 12.3. The Labute approximate surface area is 140 Å². The minimum Gasteiger partial charge on any atom is -0.321 e. The van der Waals surface area contributed by atoms with Crippen molar-refractivity contribution in [3.05, 3.63) is 66.9 Å². The Morgan fingerprint density at radius 2 is 1.96 bits per heavy atom. The molecule has 7 nitrogen and oxygen atoms in total. The molecule has 0 bridgehead atoms. The predicted molar refractivity (Wildman–Crippen MR) is 88.7 cm³/mol. The van der Waals surface area contributed by atoms with Crippen molar-refractivity contribution in [2.24, 2.45) is 0 Å². The van der Waals surface area contributed by atoms with Gasteiger partial charge in [-0.25, -0.2) is 9.19 Å². The van der Waals surface area contributed by atoms with E-state index < -0.39 is 17.0 Å². The molecule has 1 unspecified atom stereocenters. The van der Waals surface area contributed by atoms with Crippen molar-refractivity contribution in [3.63, 3.8) is 0 Å². The van der Waals surface area contributed by atoms with E-state index in [1.54, 1.807) is 36.8 Å². The number of nitrogens with zero attached hydrogens (tertiary/aromatic N) is 3. The molecule has 1 amide bonds. The van der Waals surface area contributed by atoms with E-state index in [2.05, 4.69) is 20.3 Å². The SMILES string of the molecule is O=C(Nc1cccc(S(=O)O)c1)c1cncc(-c2cccnc2)n1. The van der Waals surface area contributed by atoms with Crippen LogP contribution >= 0.6 is 0 Å². The van der Waals surface area contributed by atoms with Gasteiger partial charge < -0.3 is 9.87 Å². The van der Waals surface area contributed by atoms with Crippen LogP contribution in [0.3, 0.4) is 0 Å². The summed E-state index contributed by atoms with van der Waals surface area (Å²) in [5.41, 5.74) is 1.80. The van der Waals surface area contributed by atoms with Crippen LogP contribution in [-0.4, -0.2) is 29.6 Å². The first-order valence-electron chi connectivity index (χ1n) is 6.88. The summed E-state index contributed by atoms with van der Waals surface area (Å²) in [7, 11) is 0. The normalized spacial score (nSPS) is 11.7. The summed E-state index contributed by atoms with van der Waals surface area (Å²) in [6.45, 7) is 0. The standard InChI is InChI=1S/C16H12N4O3S/c21-16(19-12-4-1-5-13(7-12)24(22)23)15-10-18-9-14(20-15)11-3-2-6-17-8-11/h1-10H,(H,19,21)(H,22,23). The Morgan fingerprint density at radius 3 is 2.71 bits per heavy atom. The van der Waals surface area contributed by atoms with Crippen molar-refractivity contribution in [2.45, 2.75) is 4.90 Å². The lowest BCUT2D eigenvalue weighted by atomic mass is 10.2. The highest BCUT2D eigenvalue weighted by atomic mass is 32.2. The number of carbonyl (C=O) groups is 1. The number of anilines is 1. The average molecular weight is 340 g/mol. The molecule has 0 saturated heterocycles. The topological polar surface area (TPSA) is 105 Å². The summed E-state index contributed by atoms with van der Waals surface area (Å²) < 4.78 is 20.2. The van der Waals surface area contributed by atoms with E-state index in [9.17, 15) is 9.00 Å². The Hall–Kier alpha value is -2.97. The van der Waals surface area contributed by atoms with Gasteiger partial charge in [0.05, 0.1) is 23.0 Å². The van der Waals surface area contributed by atoms with Crippen molar-refractivity contribution in [2.75, 3.05) is 5.32 Å². The van der Waals surface area contributed by atoms with Gasteiger partial charge in [0.1, 0.15) is 5.69 Å². The molecule has 8 heteroatoms. The van der Waals surface area contributed by atoms with E-state index in [0.29, 0.717) is 11.4 Å². The number of amides is 1. The highest BCUT2D eigenvalue weighted by molar-refractivity contribution is 7.79. The molecule has 1 atom stereocenters. The molecule has 0 fully saturated rings. The second kappa shape index (κ2) is 7.07.